The molecule has 2 aliphatic carbocycles. The number of carbonyl (C=O) groups is 2. The Bertz CT molecular complexity index is 1520. The number of carbonyl (C=O) groups excluding carboxylic acids is 2. The fourth-order valence-corrected chi connectivity index (χ4v) is 9.15. The van der Waals surface area contributed by atoms with Crippen molar-refractivity contribution in [2.75, 3.05) is 19.8 Å². The second-order valence-corrected chi connectivity index (χ2v) is 16.5. The van der Waals surface area contributed by atoms with Gasteiger partial charge in [-0.1, -0.05) is 147 Å². The minimum atomic E-state index is -0.757. The molecule has 2 fully saturated rings. The molecule has 0 aromatic heterocycles. The van der Waals surface area contributed by atoms with Crippen molar-refractivity contribution in [2.45, 2.75) is 148 Å². The van der Waals surface area contributed by atoms with Gasteiger partial charge < -0.3 is 18.9 Å². The molecule has 2 aliphatic rings. The van der Waals surface area contributed by atoms with Crippen molar-refractivity contribution in [3.8, 4) is 11.5 Å². The zero-order valence-corrected chi connectivity index (χ0v) is 34.6. The lowest BCUT2D eigenvalue weighted by atomic mass is 9.74. The standard InChI is InChI=1S/C50H70O6/c1-3-5-8-18-39-20-12-14-22-41(39)26-16-36-53-46-32-28-44(29-33-46)49(51)55-38-48(43-24-10-7-11-25-43)56-50(52)45-30-34-47(35-31-45)54-37-17-27-42-23-15-13-21-40(42)19-9-6-4-2/h7,10-11,24-25,28-35,39-42,48H,3-6,8-9,12-23,26-27,36-38H2,1-2H3/t39?,40?,41?,42?,48-/m0/s1. The molecule has 0 heterocycles. The van der Waals surface area contributed by atoms with Crippen molar-refractivity contribution in [1.82, 2.24) is 0 Å². The zero-order chi connectivity index (χ0) is 39.2. The van der Waals surface area contributed by atoms with Crippen molar-refractivity contribution in [2.24, 2.45) is 23.7 Å². The second kappa shape index (κ2) is 24.8. The van der Waals surface area contributed by atoms with Gasteiger partial charge in [0, 0.05) is 0 Å². The highest BCUT2D eigenvalue weighted by molar-refractivity contribution is 5.90. The molecule has 306 valence electrons. The molecule has 0 saturated heterocycles. The van der Waals surface area contributed by atoms with Gasteiger partial charge in [-0.25, -0.2) is 9.59 Å². The maximum absolute atomic E-state index is 13.3. The molecular formula is C50H70O6. The molecule has 0 N–H and O–H groups in total. The molecule has 0 spiro atoms. The summed E-state index contributed by atoms with van der Waals surface area (Å²) in [7, 11) is 0. The summed E-state index contributed by atoms with van der Waals surface area (Å²) in [6.07, 6.45) is 25.6. The molecule has 6 heteroatoms. The highest BCUT2D eigenvalue weighted by atomic mass is 16.6. The number of hydrogen-bond donors (Lipinski definition) is 0. The van der Waals surface area contributed by atoms with E-state index in [1.54, 1.807) is 24.3 Å². The third-order valence-electron chi connectivity index (χ3n) is 12.4. The fourth-order valence-electron chi connectivity index (χ4n) is 9.15. The Hall–Kier alpha value is -3.80. The summed E-state index contributed by atoms with van der Waals surface area (Å²) in [4.78, 5) is 26.4. The van der Waals surface area contributed by atoms with Crippen LogP contribution in [-0.2, 0) is 9.47 Å². The summed E-state index contributed by atoms with van der Waals surface area (Å²) in [5.74, 6) is 3.98. The molecule has 4 unspecified atom stereocenters. The summed E-state index contributed by atoms with van der Waals surface area (Å²) in [5, 5.41) is 0. The van der Waals surface area contributed by atoms with E-state index in [1.165, 1.54) is 116 Å². The first-order chi connectivity index (χ1) is 27.5. The molecule has 5 rings (SSSR count). The number of hydrogen-bond acceptors (Lipinski definition) is 6. The first kappa shape index (κ1) is 43.3. The van der Waals surface area contributed by atoms with Crippen molar-refractivity contribution < 1.29 is 28.5 Å². The molecule has 6 nitrogen and oxygen atoms in total. The molecule has 56 heavy (non-hydrogen) atoms. The summed E-state index contributed by atoms with van der Waals surface area (Å²) in [6, 6.07) is 23.7. The Balaban J connectivity index is 1.04. The summed E-state index contributed by atoms with van der Waals surface area (Å²) >= 11 is 0. The van der Waals surface area contributed by atoms with Gasteiger partial charge in [-0.15, -0.1) is 0 Å². The van der Waals surface area contributed by atoms with Crippen LogP contribution in [0.25, 0.3) is 0 Å². The SMILES string of the molecule is CCCCCC1CCCCC1CCCOc1ccc(C(=O)OC[C@H](OC(=O)c2ccc(OCCCC3CCCCC3CCCCC)cc2)c2ccccc2)cc1. The van der Waals surface area contributed by atoms with Crippen molar-refractivity contribution in [1.29, 1.82) is 0 Å². The van der Waals surface area contributed by atoms with Gasteiger partial charge in [0.15, 0.2) is 6.10 Å². The first-order valence-corrected chi connectivity index (χ1v) is 22.4. The average molecular weight is 767 g/mol. The van der Waals surface area contributed by atoms with E-state index in [0.717, 1.165) is 53.6 Å². The van der Waals surface area contributed by atoms with E-state index in [9.17, 15) is 9.59 Å². The lowest BCUT2D eigenvalue weighted by molar-refractivity contribution is -0.00134. The van der Waals surface area contributed by atoms with Gasteiger partial charge in [-0.05, 0) is 103 Å². The first-order valence-electron chi connectivity index (χ1n) is 22.4. The number of benzene rings is 3. The molecule has 0 aliphatic heterocycles. The third-order valence-corrected chi connectivity index (χ3v) is 12.4. The van der Waals surface area contributed by atoms with Crippen LogP contribution in [0, 0.1) is 23.7 Å². The number of esters is 2. The Morgan fingerprint density at radius 3 is 1.41 bits per heavy atom. The maximum Gasteiger partial charge on any atom is 0.338 e. The van der Waals surface area contributed by atoms with Crippen LogP contribution in [0.1, 0.15) is 175 Å². The van der Waals surface area contributed by atoms with Crippen LogP contribution in [0.5, 0.6) is 11.5 Å². The Labute approximate surface area is 338 Å². The van der Waals surface area contributed by atoms with Crippen LogP contribution in [0.15, 0.2) is 78.9 Å². The lowest BCUT2D eigenvalue weighted by Gasteiger charge is -2.31. The van der Waals surface area contributed by atoms with Gasteiger partial charge in [0.05, 0.1) is 24.3 Å². The van der Waals surface area contributed by atoms with Gasteiger partial charge >= 0.3 is 11.9 Å². The monoisotopic (exact) mass is 767 g/mol. The smallest absolute Gasteiger partial charge is 0.338 e. The molecule has 3 aromatic rings. The van der Waals surface area contributed by atoms with E-state index in [1.807, 2.05) is 54.6 Å². The van der Waals surface area contributed by atoms with Gasteiger partial charge in [-0.2, -0.15) is 0 Å². The molecule has 0 radical (unpaired) electrons. The summed E-state index contributed by atoms with van der Waals surface area (Å²) in [6.45, 7) is 5.82. The van der Waals surface area contributed by atoms with Gasteiger partial charge in [0.25, 0.3) is 0 Å². The fraction of sp³-hybridized carbons (Fsp3) is 0.600. The summed E-state index contributed by atoms with van der Waals surface area (Å²) in [5.41, 5.74) is 1.60. The second-order valence-electron chi connectivity index (χ2n) is 16.5. The van der Waals surface area contributed by atoms with Gasteiger partial charge in [0.1, 0.15) is 18.1 Å². The van der Waals surface area contributed by atoms with E-state index >= 15 is 0 Å². The number of unbranched alkanes of at least 4 members (excludes halogenated alkanes) is 4. The molecule has 2 saturated carbocycles. The number of rotatable bonds is 24. The highest BCUT2D eigenvalue weighted by Crippen LogP contribution is 2.38. The minimum absolute atomic E-state index is 0.102. The molecule has 3 aromatic carbocycles. The molecule has 5 atom stereocenters. The number of ether oxygens (including phenoxy) is 4. The quantitative estimate of drug-likeness (QED) is 0.0668. The van der Waals surface area contributed by atoms with Crippen LogP contribution in [-0.4, -0.2) is 31.8 Å². The Morgan fingerprint density at radius 2 is 0.964 bits per heavy atom. The zero-order valence-electron chi connectivity index (χ0n) is 34.6. The predicted octanol–water partition coefficient (Wildman–Crippen LogP) is 13.5. The Kier molecular flexibility index (Phi) is 19.1. The van der Waals surface area contributed by atoms with Gasteiger partial charge in [-0.3, -0.25) is 0 Å². The van der Waals surface area contributed by atoms with Crippen LogP contribution >= 0.6 is 0 Å². The topological polar surface area (TPSA) is 71.1 Å². The highest BCUT2D eigenvalue weighted by Gasteiger charge is 2.26. The Morgan fingerprint density at radius 1 is 0.536 bits per heavy atom. The normalized spacial score (nSPS) is 20.2. The van der Waals surface area contributed by atoms with E-state index < -0.39 is 18.0 Å². The largest absolute Gasteiger partial charge is 0.494 e. The molecular weight excluding hydrogens is 697 g/mol. The predicted molar refractivity (Wildman–Crippen MR) is 226 cm³/mol. The van der Waals surface area contributed by atoms with Crippen molar-refractivity contribution in [3.05, 3.63) is 95.6 Å². The van der Waals surface area contributed by atoms with Gasteiger partial charge in [0.2, 0.25) is 0 Å². The van der Waals surface area contributed by atoms with E-state index in [4.69, 9.17) is 18.9 Å². The van der Waals surface area contributed by atoms with Crippen LogP contribution < -0.4 is 9.47 Å². The van der Waals surface area contributed by atoms with Crippen molar-refractivity contribution >= 4 is 11.9 Å². The van der Waals surface area contributed by atoms with E-state index in [-0.39, 0.29) is 6.61 Å². The molecule has 0 amide bonds. The van der Waals surface area contributed by atoms with Crippen LogP contribution in [0.4, 0.5) is 0 Å². The summed E-state index contributed by atoms with van der Waals surface area (Å²) < 4.78 is 23.8. The third kappa shape index (κ3) is 14.6. The lowest BCUT2D eigenvalue weighted by Crippen LogP contribution is -2.20. The maximum atomic E-state index is 13.3. The minimum Gasteiger partial charge on any atom is -0.494 e. The average Bonchev–Trinajstić information content (AvgIpc) is 3.24. The van der Waals surface area contributed by atoms with E-state index in [2.05, 4.69) is 13.8 Å². The molecule has 0 bridgehead atoms. The van der Waals surface area contributed by atoms with Crippen LogP contribution in [0.2, 0.25) is 0 Å². The van der Waals surface area contributed by atoms with Crippen LogP contribution in [0.3, 0.4) is 0 Å². The van der Waals surface area contributed by atoms with E-state index in [0.29, 0.717) is 24.3 Å². The van der Waals surface area contributed by atoms with Crippen molar-refractivity contribution in [3.63, 3.8) is 0 Å².